The topological polar surface area (TPSA) is 76.2 Å². The van der Waals surface area contributed by atoms with E-state index in [1.165, 1.54) is 12.1 Å². The van der Waals surface area contributed by atoms with Crippen molar-refractivity contribution < 1.29 is 14.3 Å². The quantitative estimate of drug-likeness (QED) is 0.402. The van der Waals surface area contributed by atoms with Crippen LogP contribution < -0.4 is 0 Å². The number of aliphatic carboxylic acids is 1. The van der Waals surface area contributed by atoms with E-state index in [-0.39, 0.29) is 16.0 Å². The van der Waals surface area contributed by atoms with E-state index in [0.717, 1.165) is 11.8 Å². The second kappa shape index (κ2) is 8.14. The number of nitrogens with zero attached hydrogens (tertiary/aromatic N) is 2. The van der Waals surface area contributed by atoms with Gasteiger partial charge in [-0.05, 0) is 59.8 Å². The molecule has 26 heavy (non-hydrogen) atoms. The maximum Gasteiger partial charge on any atom is 0.342 e. The maximum atomic E-state index is 11.5. The highest BCUT2D eigenvalue weighted by Gasteiger charge is 2.16. The Bertz CT molecular complexity index is 987. The van der Waals surface area contributed by atoms with Gasteiger partial charge in [0.25, 0.3) is 5.22 Å². The van der Waals surface area contributed by atoms with E-state index in [2.05, 4.69) is 10.2 Å². The Morgan fingerprint density at radius 2 is 1.73 bits per heavy atom. The normalized spacial score (nSPS) is 11.6. The number of carbonyl (C=O) groups is 1. The Balaban J connectivity index is 1.86. The number of thioether (sulfide) groups is 1. The first-order valence-electron chi connectivity index (χ1n) is 7.10. The van der Waals surface area contributed by atoms with Gasteiger partial charge in [0.05, 0.1) is 0 Å². The van der Waals surface area contributed by atoms with Crippen LogP contribution in [0.15, 0.2) is 57.0 Å². The number of carboxylic acid groups (broad SMARTS) is 1. The molecule has 1 heterocycles. The van der Waals surface area contributed by atoms with Crippen molar-refractivity contribution in [2.24, 2.45) is 0 Å². The van der Waals surface area contributed by atoms with Crippen molar-refractivity contribution in [2.45, 2.75) is 5.22 Å². The SMILES string of the molecule is O=C(O)/C(=C/c1ccc(Cl)cc1Cl)Sc1nnc(-c2ccc(Cl)cc2)o1. The molecular weight excluding hydrogens is 419 g/mol. The smallest absolute Gasteiger partial charge is 0.342 e. The molecule has 0 bridgehead atoms. The lowest BCUT2D eigenvalue weighted by Gasteiger charge is -2.02. The van der Waals surface area contributed by atoms with E-state index in [1.54, 1.807) is 36.4 Å². The average Bonchev–Trinajstić information content (AvgIpc) is 3.05. The van der Waals surface area contributed by atoms with E-state index < -0.39 is 5.97 Å². The van der Waals surface area contributed by atoms with Crippen LogP contribution in [0.25, 0.3) is 17.5 Å². The van der Waals surface area contributed by atoms with Crippen LogP contribution >= 0.6 is 46.6 Å². The minimum atomic E-state index is -1.15. The summed E-state index contributed by atoms with van der Waals surface area (Å²) in [6.45, 7) is 0. The predicted molar refractivity (Wildman–Crippen MR) is 103 cm³/mol. The molecule has 0 atom stereocenters. The van der Waals surface area contributed by atoms with Gasteiger partial charge in [-0.3, -0.25) is 0 Å². The third kappa shape index (κ3) is 4.59. The molecule has 1 N–H and O–H groups in total. The summed E-state index contributed by atoms with van der Waals surface area (Å²) in [5.41, 5.74) is 1.19. The van der Waals surface area contributed by atoms with Crippen LogP contribution in [-0.2, 0) is 4.79 Å². The van der Waals surface area contributed by atoms with Gasteiger partial charge in [0, 0.05) is 20.6 Å². The van der Waals surface area contributed by atoms with E-state index in [4.69, 9.17) is 39.2 Å². The molecule has 0 radical (unpaired) electrons. The van der Waals surface area contributed by atoms with Crippen LogP contribution in [0, 0.1) is 0 Å². The number of halogens is 3. The molecule has 0 saturated heterocycles. The molecule has 0 unspecified atom stereocenters. The molecule has 0 aliphatic heterocycles. The van der Waals surface area contributed by atoms with Crippen molar-refractivity contribution in [3.63, 3.8) is 0 Å². The monoisotopic (exact) mass is 426 g/mol. The van der Waals surface area contributed by atoms with Crippen molar-refractivity contribution in [1.82, 2.24) is 10.2 Å². The molecule has 3 rings (SSSR count). The van der Waals surface area contributed by atoms with Crippen LogP contribution in [0.1, 0.15) is 5.56 Å². The fraction of sp³-hybridized carbons (Fsp3) is 0. The van der Waals surface area contributed by atoms with Crippen molar-refractivity contribution in [2.75, 3.05) is 0 Å². The zero-order chi connectivity index (χ0) is 18.7. The predicted octanol–water partition coefficient (Wildman–Crippen LogP) is 5.91. The van der Waals surface area contributed by atoms with Crippen molar-refractivity contribution in [1.29, 1.82) is 0 Å². The minimum absolute atomic E-state index is 0.0273. The van der Waals surface area contributed by atoms with E-state index in [9.17, 15) is 9.90 Å². The van der Waals surface area contributed by atoms with E-state index in [1.807, 2.05) is 0 Å². The number of carboxylic acids is 1. The first-order valence-corrected chi connectivity index (χ1v) is 9.05. The summed E-state index contributed by atoms with van der Waals surface area (Å²) in [6.07, 6.45) is 1.41. The molecule has 0 spiro atoms. The lowest BCUT2D eigenvalue weighted by Crippen LogP contribution is -1.97. The molecular formula is C17H9Cl3N2O3S. The Hall–Kier alpha value is -1.99. The van der Waals surface area contributed by atoms with Gasteiger partial charge in [-0.25, -0.2) is 4.79 Å². The second-order valence-corrected chi connectivity index (χ2v) is 7.23. The van der Waals surface area contributed by atoms with Crippen molar-refractivity contribution >= 4 is 58.6 Å². The number of benzene rings is 2. The largest absolute Gasteiger partial charge is 0.477 e. The molecule has 9 heteroatoms. The molecule has 5 nitrogen and oxygen atoms in total. The fourth-order valence-electron chi connectivity index (χ4n) is 1.95. The molecule has 0 fully saturated rings. The van der Waals surface area contributed by atoms with Crippen molar-refractivity contribution in [3.8, 4) is 11.5 Å². The molecule has 0 aliphatic rings. The summed E-state index contributed by atoms with van der Waals surface area (Å²) >= 11 is 18.6. The molecule has 0 saturated carbocycles. The lowest BCUT2D eigenvalue weighted by atomic mass is 10.2. The first kappa shape index (κ1) is 18.8. The van der Waals surface area contributed by atoms with Gasteiger partial charge in [-0.15, -0.1) is 10.2 Å². The van der Waals surface area contributed by atoms with Crippen LogP contribution in [0.5, 0.6) is 0 Å². The van der Waals surface area contributed by atoms with Gasteiger partial charge in [0.15, 0.2) is 0 Å². The second-order valence-electron chi connectivity index (χ2n) is 4.96. The Kier molecular flexibility index (Phi) is 5.88. The number of aromatic nitrogens is 2. The van der Waals surface area contributed by atoms with Gasteiger partial charge in [0.2, 0.25) is 5.89 Å². The van der Waals surface area contributed by atoms with Gasteiger partial charge in [-0.2, -0.15) is 0 Å². The zero-order valence-corrected chi connectivity index (χ0v) is 15.9. The Morgan fingerprint density at radius 1 is 1.04 bits per heavy atom. The highest BCUT2D eigenvalue weighted by Crippen LogP contribution is 2.32. The summed E-state index contributed by atoms with van der Waals surface area (Å²) in [5, 5.41) is 18.7. The van der Waals surface area contributed by atoms with Gasteiger partial charge in [-0.1, -0.05) is 40.9 Å². The summed E-state index contributed by atoms with van der Waals surface area (Å²) < 4.78 is 5.52. The fourth-order valence-corrected chi connectivity index (χ4v) is 3.20. The van der Waals surface area contributed by atoms with E-state index >= 15 is 0 Å². The molecule has 2 aromatic carbocycles. The molecule has 1 aromatic heterocycles. The maximum absolute atomic E-state index is 11.5. The van der Waals surface area contributed by atoms with Crippen LogP contribution in [0.4, 0.5) is 0 Å². The molecule has 132 valence electrons. The lowest BCUT2D eigenvalue weighted by molar-refractivity contribution is -0.131. The highest BCUT2D eigenvalue weighted by molar-refractivity contribution is 8.03. The van der Waals surface area contributed by atoms with Gasteiger partial charge < -0.3 is 9.52 Å². The van der Waals surface area contributed by atoms with E-state index in [0.29, 0.717) is 26.2 Å². The number of hydrogen-bond donors (Lipinski definition) is 1. The summed E-state index contributed by atoms with van der Waals surface area (Å²) in [4.78, 5) is 11.5. The summed E-state index contributed by atoms with van der Waals surface area (Å²) in [5.74, 6) is -0.884. The van der Waals surface area contributed by atoms with Crippen molar-refractivity contribution in [3.05, 3.63) is 68.0 Å². The van der Waals surface area contributed by atoms with Gasteiger partial charge >= 0.3 is 5.97 Å². The molecule has 0 aliphatic carbocycles. The van der Waals surface area contributed by atoms with Crippen LogP contribution in [0.2, 0.25) is 15.1 Å². The number of rotatable bonds is 5. The number of hydrogen-bond acceptors (Lipinski definition) is 5. The van der Waals surface area contributed by atoms with Crippen LogP contribution in [0.3, 0.4) is 0 Å². The third-order valence-corrected chi connectivity index (χ3v) is 4.82. The third-order valence-electron chi connectivity index (χ3n) is 3.15. The Labute approximate surface area is 167 Å². The molecule has 0 amide bonds. The summed E-state index contributed by atoms with van der Waals surface area (Å²) in [6, 6.07) is 11.6. The standard InChI is InChI=1S/C17H9Cl3N2O3S/c18-11-4-1-9(2-5-11)15-21-22-17(25-15)26-14(16(23)24)7-10-3-6-12(19)8-13(10)20/h1-8H,(H,23,24)/b14-7-. The average molecular weight is 428 g/mol. The molecule has 3 aromatic rings. The van der Waals surface area contributed by atoms with Crippen LogP contribution in [-0.4, -0.2) is 21.3 Å². The minimum Gasteiger partial charge on any atom is -0.477 e. The van der Waals surface area contributed by atoms with Gasteiger partial charge in [0.1, 0.15) is 4.91 Å². The summed E-state index contributed by atoms with van der Waals surface area (Å²) in [7, 11) is 0. The Morgan fingerprint density at radius 3 is 2.38 bits per heavy atom. The first-order chi connectivity index (χ1) is 12.4. The zero-order valence-electron chi connectivity index (χ0n) is 12.8. The highest BCUT2D eigenvalue weighted by atomic mass is 35.5.